The van der Waals surface area contributed by atoms with Crippen LogP contribution < -0.4 is 5.32 Å². The number of amides is 2. The zero-order valence-corrected chi connectivity index (χ0v) is 14.2. The lowest BCUT2D eigenvalue weighted by Crippen LogP contribution is -2.38. The highest BCUT2D eigenvalue weighted by atomic mass is 16.2. The highest BCUT2D eigenvalue weighted by Gasteiger charge is 2.31. The first kappa shape index (κ1) is 15.4. The Kier molecular flexibility index (Phi) is 4.10. The van der Waals surface area contributed by atoms with Crippen LogP contribution >= 0.6 is 0 Å². The predicted molar refractivity (Wildman–Crippen MR) is 96.3 cm³/mol. The number of rotatable bonds is 2. The summed E-state index contributed by atoms with van der Waals surface area (Å²) >= 11 is 0. The molecular weight excluding hydrogens is 300 g/mol. The lowest BCUT2D eigenvalue weighted by Gasteiger charge is -2.23. The van der Waals surface area contributed by atoms with E-state index in [0.29, 0.717) is 6.04 Å². The molecule has 1 aromatic heterocycles. The zero-order chi connectivity index (χ0) is 16.5. The van der Waals surface area contributed by atoms with E-state index in [1.54, 1.807) is 0 Å². The van der Waals surface area contributed by atoms with Crippen molar-refractivity contribution < 1.29 is 4.79 Å². The largest absolute Gasteiger partial charge is 0.323 e. The Hall–Kier alpha value is -2.14. The number of benzene rings is 1. The van der Waals surface area contributed by atoms with Crippen LogP contribution in [0.4, 0.5) is 10.5 Å². The molecule has 2 aliphatic rings. The molecule has 0 aliphatic carbocycles. The lowest BCUT2D eigenvalue weighted by atomic mass is 10.2. The molecule has 5 nitrogen and oxygen atoms in total. The smallest absolute Gasteiger partial charge is 0.321 e. The third-order valence-electron chi connectivity index (χ3n) is 5.21. The van der Waals surface area contributed by atoms with Crippen molar-refractivity contribution in [2.45, 2.75) is 32.2 Å². The number of hydrogen-bond donors (Lipinski definition) is 1. The Bertz CT molecular complexity index is 754. The highest BCUT2D eigenvalue weighted by Crippen LogP contribution is 2.24. The summed E-state index contributed by atoms with van der Waals surface area (Å²) in [6.45, 7) is 6.02. The van der Waals surface area contributed by atoms with Crippen LogP contribution in [-0.4, -0.2) is 53.0 Å². The number of fused-ring (bicyclic) bond motifs is 1. The molecule has 0 bridgehead atoms. The molecule has 4 rings (SSSR count). The molecule has 2 saturated heterocycles. The number of likely N-dealkylation sites (tertiary alicyclic amines) is 2. The first-order chi connectivity index (χ1) is 11.7. The quantitative estimate of drug-likeness (QED) is 0.922. The number of carbonyl (C=O) groups excluding carboxylic acids is 1. The van der Waals surface area contributed by atoms with Crippen LogP contribution in [0, 0.1) is 6.92 Å². The lowest BCUT2D eigenvalue weighted by molar-refractivity contribution is 0.210. The Morgan fingerprint density at radius 3 is 2.83 bits per heavy atom. The fourth-order valence-corrected chi connectivity index (χ4v) is 3.87. The Morgan fingerprint density at radius 2 is 2.00 bits per heavy atom. The van der Waals surface area contributed by atoms with Gasteiger partial charge in [-0.25, -0.2) is 4.79 Å². The molecule has 0 radical (unpaired) electrons. The molecule has 5 heteroatoms. The summed E-state index contributed by atoms with van der Waals surface area (Å²) in [6, 6.07) is 10.5. The maximum absolute atomic E-state index is 12.7. The summed E-state index contributed by atoms with van der Waals surface area (Å²) in [5.41, 5.74) is 2.62. The molecule has 2 aromatic rings. The molecule has 1 aromatic carbocycles. The molecule has 126 valence electrons. The third-order valence-corrected chi connectivity index (χ3v) is 5.21. The molecular formula is C19H24N4O. The van der Waals surface area contributed by atoms with Crippen LogP contribution in [0.25, 0.3) is 10.9 Å². The van der Waals surface area contributed by atoms with Gasteiger partial charge in [-0.1, -0.05) is 18.2 Å². The standard InChI is InChI=1S/C19H24N4O/c1-14-7-8-15-5-4-6-17(18(15)20-14)21-19(24)23-12-9-16(13-23)22-10-2-3-11-22/h4-8,16H,2-3,9-13H2,1H3,(H,21,24). The molecule has 24 heavy (non-hydrogen) atoms. The molecule has 3 heterocycles. The summed E-state index contributed by atoms with van der Waals surface area (Å²) < 4.78 is 0. The minimum Gasteiger partial charge on any atom is -0.323 e. The fourth-order valence-electron chi connectivity index (χ4n) is 3.87. The summed E-state index contributed by atoms with van der Waals surface area (Å²) in [5, 5.41) is 4.12. The monoisotopic (exact) mass is 324 g/mol. The SMILES string of the molecule is Cc1ccc2cccc(NC(=O)N3CCC(N4CCCC4)C3)c2n1. The number of anilines is 1. The third kappa shape index (κ3) is 2.96. The fraction of sp³-hybridized carbons (Fsp3) is 0.474. The number of pyridine rings is 1. The first-order valence-corrected chi connectivity index (χ1v) is 8.87. The molecule has 1 atom stereocenters. The van der Waals surface area contributed by atoms with Gasteiger partial charge in [0.1, 0.15) is 0 Å². The van der Waals surface area contributed by atoms with E-state index in [1.807, 2.05) is 42.2 Å². The van der Waals surface area contributed by atoms with E-state index >= 15 is 0 Å². The molecule has 1 unspecified atom stereocenters. The number of urea groups is 1. The Labute approximate surface area is 142 Å². The number of para-hydroxylation sites is 1. The van der Waals surface area contributed by atoms with Gasteiger partial charge < -0.3 is 10.2 Å². The van der Waals surface area contributed by atoms with Gasteiger partial charge in [0.15, 0.2) is 0 Å². The second-order valence-electron chi connectivity index (χ2n) is 6.89. The zero-order valence-electron chi connectivity index (χ0n) is 14.2. The van der Waals surface area contributed by atoms with E-state index in [-0.39, 0.29) is 6.03 Å². The van der Waals surface area contributed by atoms with Gasteiger partial charge >= 0.3 is 6.03 Å². The molecule has 0 saturated carbocycles. The average molecular weight is 324 g/mol. The molecule has 1 N–H and O–H groups in total. The average Bonchev–Trinajstić information content (AvgIpc) is 3.26. The van der Waals surface area contributed by atoms with Gasteiger partial charge in [0.05, 0.1) is 11.2 Å². The molecule has 0 spiro atoms. The van der Waals surface area contributed by atoms with Gasteiger partial charge in [-0.3, -0.25) is 9.88 Å². The van der Waals surface area contributed by atoms with Crippen molar-refractivity contribution in [3.05, 3.63) is 36.0 Å². The van der Waals surface area contributed by atoms with E-state index in [2.05, 4.69) is 15.2 Å². The summed E-state index contributed by atoms with van der Waals surface area (Å²) in [4.78, 5) is 21.7. The summed E-state index contributed by atoms with van der Waals surface area (Å²) in [5.74, 6) is 0. The number of aromatic nitrogens is 1. The van der Waals surface area contributed by atoms with Gasteiger partial charge in [0.2, 0.25) is 0 Å². The van der Waals surface area contributed by atoms with Gasteiger partial charge in [-0.2, -0.15) is 0 Å². The van der Waals surface area contributed by atoms with Crippen molar-refractivity contribution in [2.24, 2.45) is 0 Å². The minimum atomic E-state index is -0.00694. The van der Waals surface area contributed by atoms with E-state index in [9.17, 15) is 4.79 Å². The molecule has 2 aliphatic heterocycles. The Balaban J connectivity index is 1.47. The second kappa shape index (κ2) is 6.40. The number of hydrogen-bond acceptors (Lipinski definition) is 3. The Morgan fingerprint density at radius 1 is 1.17 bits per heavy atom. The van der Waals surface area contributed by atoms with Crippen LogP contribution in [0.1, 0.15) is 25.0 Å². The number of aryl methyl sites for hydroxylation is 1. The van der Waals surface area contributed by atoms with Crippen molar-refractivity contribution in [1.29, 1.82) is 0 Å². The second-order valence-corrected chi connectivity index (χ2v) is 6.89. The van der Waals surface area contributed by atoms with Crippen molar-refractivity contribution >= 4 is 22.6 Å². The van der Waals surface area contributed by atoms with Crippen molar-refractivity contribution in [1.82, 2.24) is 14.8 Å². The summed E-state index contributed by atoms with van der Waals surface area (Å²) in [7, 11) is 0. The number of nitrogens with one attached hydrogen (secondary N) is 1. The van der Waals surface area contributed by atoms with Crippen LogP contribution in [0.2, 0.25) is 0 Å². The number of nitrogens with zero attached hydrogens (tertiary/aromatic N) is 3. The normalized spacial score (nSPS) is 21.5. The molecule has 2 fully saturated rings. The van der Waals surface area contributed by atoms with Crippen LogP contribution in [-0.2, 0) is 0 Å². The van der Waals surface area contributed by atoms with E-state index < -0.39 is 0 Å². The van der Waals surface area contributed by atoms with E-state index in [1.165, 1.54) is 25.9 Å². The maximum atomic E-state index is 12.7. The van der Waals surface area contributed by atoms with Gasteiger partial charge in [0.25, 0.3) is 0 Å². The van der Waals surface area contributed by atoms with Crippen LogP contribution in [0.3, 0.4) is 0 Å². The first-order valence-electron chi connectivity index (χ1n) is 8.87. The number of carbonyl (C=O) groups is 1. The highest BCUT2D eigenvalue weighted by molar-refractivity contribution is 5.99. The van der Waals surface area contributed by atoms with Crippen molar-refractivity contribution in [3.63, 3.8) is 0 Å². The van der Waals surface area contributed by atoms with E-state index in [4.69, 9.17) is 0 Å². The minimum absolute atomic E-state index is 0.00694. The van der Waals surface area contributed by atoms with Gasteiger partial charge in [-0.15, -0.1) is 0 Å². The maximum Gasteiger partial charge on any atom is 0.321 e. The summed E-state index contributed by atoms with van der Waals surface area (Å²) in [6.07, 6.45) is 3.67. The van der Waals surface area contributed by atoms with Crippen LogP contribution in [0.5, 0.6) is 0 Å². The van der Waals surface area contributed by atoms with Gasteiger partial charge in [0, 0.05) is 30.2 Å². The van der Waals surface area contributed by atoms with Crippen LogP contribution in [0.15, 0.2) is 30.3 Å². The van der Waals surface area contributed by atoms with Crippen molar-refractivity contribution in [2.75, 3.05) is 31.5 Å². The van der Waals surface area contributed by atoms with Gasteiger partial charge in [-0.05, 0) is 51.4 Å². The predicted octanol–water partition coefficient (Wildman–Crippen LogP) is 3.25. The van der Waals surface area contributed by atoms with E-state index in [0.717, 1.165) is 41.8 Å². The molecule has 2 amide bonds. The van der Waals surface area contributed by atoms with Crippen molar-refractivity contribution in [3.8, 4) is 0 Å². The topological polar surface area (TPSA) is 48.5 Å².